The summed E-state index contributed by atoms with van der Waals surface area (Å²) in [7, 11) is 0. The summed E-state index contributed by atoms with van der Waals surface area (Å²) in [6.07, 6.45) is 2.35. The minimum Gasteiger partial charge on any atom is -0.337 e. The first-order valence-electron chi connectivity index (χ1n) is 9.62. The second-order valence-corrected chi connectivity index (χ2v) is 7.56. The number of nitrogens with zero attached hydrogens (tertiary/aromatic N) is 4. The third-order valence-electron chi connectivity index (χ3n) is 5.23. The van der Waals surface area contributed by atoms with Gasteiger partial charge < -0.3 is 4.90 Å². The van der Waals surface area contributed by atoms with E-state index in [4.69, 9.17) is 5.26 Å². The van der Waals surface area contributed by atoms with Crippen LogP contribution in [0.1, 0.15) is 41.9 Å². The summed E-state index contributed by atoms with van der Waals surface area (Å²) in [5.41, 5.74) is 1.88. The van der Waals surface area contributed by atoms with Gasteiger partial charge in [-0.05, 0) is 42.2 Å². The van der Waals surface area contributed by atoms with E-state index in [-0.39, 0.29) is 17.8 Å². The molecule has 0 radical (unpaired) electrons. The number of amides is 1. The lowest BCUT2D eigenvalue weighted by Gasteiger charge is -2.34. The predicted octanol–water partition coefficient (Wildman–Crippen LogP) is 3.47. The molecular formula is C22H25FN4O. The van der Waals surface area contributed by atoms with E-state index >= 15 is 0 Å². The minimum absolute atomic E-state index is 0.0497. The number of halogens is 1. The molecule has 2 aromatic rings. The third kappa shape index (κ3) is 4.73. The molecule has 0 spiro atoms. The SMILES string of the molecule is CC(C)C1CN(C(=O)c2ccc(C#N)nc2)CCCN1Cc1ccc(F)cc1. The highest BCUT2D eigenvalue weighted by atomic mass is 19.1. The summed E-state index contributed by atoms with van der Waals surface area (Å²) in [5.74, 6) is 0.0898. The van der Waals surface area contributed by atoms with Crippen molar-refractivity contribution in [1.29, 1.82) is 5.26 Å². The fourth-order valence-electron chi connectivity index (χ4n) is 3.67. The monoisotopic (exact) mass is 380 g/mol. The fourth-order valence-corrected chi connectivity index (χ4v) is 3.67. The first-order valence-corrected chi connectivity index (χ1v) is 9.62. The summed E-state index contributed by atoms with van der Waals surface area (Å²) in [5, 5.41) is 8.88. The standard InChI is InChI=1S/C22H25FN4O/c1-16(2)21-15-27(22(28)18-6-9-20(12-24)25-13-18)11-3-10-26(21)14-17-4-7-19(23)8-5-17/h4-9,13,16,21H,3,10-11,14-15H2,1-2H3. The van der Waals surface area contributed by atoms with E-state index in [1.54, 1.807) is 12.1 Å². The molecule has 0 saturated carbocycles. The van der Waals surface area contributed by atoms with E-state index in [0.29, 0.717) is 30.3 Å². The van der Waals surface area contributed by atoms with Gasteiger partial charge in [-0.15, -0.1) is 0 Å². The zero-order chi connectivity index (χ0) is 20.1. The van der Waals surface area contributed by atoms with Crippen molar-refractivity contribution in [1.82, 2.24) is 14.8 Å². The van der Waals surface area contributed by atoms with Gasteiger partial charge in [0.1, 0.15) is 17.6 Å². The molecule has 146 valence electrons. The number of aromatic nitrogens is 1. The van der Waals surface area contributed by atoms with E-state index < -0.39 is 0 Å². The Hall–Kier alpha value is -2.78. The van der Waals surface area contributed by atoms with Crippen LogP contribution in [0.15, 0.2) is 42.6 Å². The summed E-state index contributed by atoms with van der Waals surface area (Å²) in [4.78, 5) is 21.3. The van der Waals surface area contributed by atoms with Crippen LogP contribution in [0.4, 0.5) is 4.39 Å². The number of carbonyl (C=O) groups excluding carboxylic acids is 1. The molecule has 1 aromatic heterocycles. The highest BCUT2D eigenvalue weighted by Gasteiger charge is 2.30. The predicted molar refractivity (Wildman–Crippen MR) is 105 cm³/mol. The molecular weight excluding hydrogens is 355 g/mol. The number of carbonyl (C=O) groups is 1. The molecule has 2 heterocycles. The van der Waals surface area contributed by atoms with Crippen molar-refractivity contribution in [2.45, 2.75) is 32.9 Å². The molecule has 1 unspecified atom stereocenters. The topological polar surface area (TPSA) is 60.2 Å². The highest BCUT2D eigenvalue weighted by molar-refractivity contribution is 5.94. The smallest absolute Gasteiger partial charge is 0.255 e. The minimum atomic E-state index is -0.229. The Balaban J connectivity index is 1.75. The Labute approximate surface area is 165 Å². The van der Waals surface area contributed by atoms with Gasteiger partial charge in [-0.1, -0.05) is 26.0 Å². The van der Waals surface area contributed by atoms with Crippen molar-refractivity contribution in [3.63, 3.8) is 0 Å². The Morgan fingerprint density at radius 2 is 2.00 bits per heavy atom. The van der Waals surface area contributed by atoms with Gasteiger partial charge in [-0.2, -0.15) is 5.26 Å². The molecule has 28 heavy (non-hydrogen) atoms. The largest absolute Gasteiger partial charge is 0.337 e. The van der Waals surface area contributed by atoms with E-state index in [1.807, 2.05) is 23.1 Å². The lowest BCUT2D eigenvalue weighted by Crippen LogP contribution is -2.45. The molecule has 1 saturated heterocycles. The van der Waals surface area contributed by atoms with Crippen molar-refractivity contribution in [3.05, 3.63) is 65.2 Å². The van der Waals surface area contributed by atoms with Crippen LogP contribution < -0.4 is 0 Å². The Morgan fingerprint density at radius 1 is 1.25 bits per heavy atom. The number of nitriles is 1. The van der Waals surface area contributed by atoms with Crippen molar-refractivity contribution in [3.8, 4) is 6.07 Å². The molecule has 5 nitrogen and oxygen atoms in total. The fraction of sp³-hybridized carbons (Fsp3) is 0.409. The van der Waals surface area contributed by atoms with Gasteiger partial charge in [0, 0.05) is 38.4 Å². The second kappa shape index (κ2) is 8.94. The molecule has 3 rings (SSSR count). The Morgan fingerprint density at radius 3 is 2.61 bits per heavy atom. The summed E-state index contributed by atoms with van der Waals surface area (Å²) in [6.45, 7) is 7.28. The number of hydrogen-bond acceptors (Lipinski definition) is 4. The quantitative estimate of drug-likeness (QED) is 0.815. The van der Waals surface area contributed by atoms with E-state index in [1.165, 1.54) is 18.3 Å². The average molecular weight is 380 g/mol. The number of hydrogen-bond donors (Lipinski definition) is 0. The van der Waals surface area contributed by atoms with Gasteiger partial charge in [0.05, 0.1) is 5.56 Å². The number of pyridine rings is 1. The summed E-state index contributed by atoms with van der Waals surface area (Å²) >= 11 is 0. The van der Waals surface area contributed by atoms with Gasteiger partial charge in [0.15, 0.2) is 0 Å². The highest BCUT2D eigenvalue weighted by Crippen LogP contribution is 2.21. The second-order valence-electron chi connectivity index (χ2n) is 7.56. The maximum atomic E-state index is 13.2. The van der Waals surface area contributed by atoms with Crippen LogP contribution in [-0.4, -0.2) is 46.4 Å². The van der Waals surface area contributed by atoms with Gasteiger partial charge in [0.25, 0.3) is 5.91 Å². The maximum absolute atomic E-state index is 13.2. The van der Waals surface area contributed by atoms with Gasteiger partial charge in [0.2, 0.25) is 0 Å². The molecule has 0 N–H and O–H groups in total. The van der Waals surface area contributed by atoms with Crippen LogP contribution in [0.25, 0.3) is 0 Å². The number of rotatable bonds is 4. The lowest BCUT2D eigenvalue weighted by molar-refractivity contribution is 0.0702. The first-order chi connectivity index (χ1) is 13.5. The molecule has 6 heteroatoms. The van der Waals surface area contributed by atoms with E-state index in [0.717, 1.165) is 25.1 Å². The van der Waals surface area contributed by atoms with E-state index in [9.17, 15) is 9.18 Å². The van der Waals surface area contributed by atoms with Crippen LogP contribution in [0.3, 0.4) is 0 Å². The maximum Gasteiger partial charge on any atom is 0.255 e. The van der Waals surface area contributed by atoms with Crippen molar-refractivity contribution in [2.75, 3.05) is 19.6 Å². The number of benzene rings is 1. The molecule has 0 bridgehead atoms. The molecule has 1 aliphatic heterocycles. The van der Waals surface area contributed by atoms with Gasteiger partial charge >= 0.3 is 0 Å². The zero-order valence-corrected chi connectivity index (χ0v) is 16.3. The summed E-state index contributed by atoms with van der Waals surface area (Å²) in [6, 6.07) is 12.1. The van der Waals surface area contributed by atoms with Gasteiger partial charge in [-0.25, -0.2) is 9.37 Å². The molecule has 1 aromatic carbocycles. The van der Waals surface area contributed by atoms with Crippen LogP contribution in [0.5, 0.6) is 0 Å². The van der Waals surface area contributed by atoms with Crippen LogP contribution in [0, 0.1) is 23.1 Å². The molecule has 1 fully saturated rings. The first kappa shape index (κ1) is 20.0. The van der Waals surface area contributed by atoms with Crippen LogP contribution in [-0.2, 0) is 6.54 Å². The molecule has 1 aliphatic rings. The lowest BCUT2D eigenvalue weighted by atomic mass is 10.0. The average Bonchev–Trinajstić information content (AvgIpc) is 2.92. The third-order valence-corrected chi connectivity index (χ3v) is 5.23. The van der Waals surface area contributed by atoms with Crippen molar-refractivity contribution >= 4 is 5.91 Å². The summed E-state index contributed by atoms with van der Waals surface area (Å²) < 4.78 is 13.2. The molecule has 0 aliphatic carbocycles. The molecule has 1 atom stereocenters. The van der Waals surface area contributed by atoms with Crippen LogP contribution in [0.2, 0.25) is 0 Å². The Kier molecular flexibility index (Phi) is 6.37. The van der Waals surface area contributed by atoms with E-state index in [2.05, 4.69) is 23.7 Å². The van der Waals surface area contributed by atoms with Crippen LogP contribution >= 0.6 is 0 Å². The Bertz CT molecular complexity index is 842. The van der Waals surface area contributed by atoms with Crippen molar-refractivity contribution < 1.29 is 9.18 Å². The van der Waals surface area contributed by atoms with Crippen molar-refractivity contribution in [2.24, 2.45) is 5.92 Å². The zero-order valence-electron chi connectivity index (χ0n) is 16.3. The normalized spacial score (nSPS) is 18.0. The van der Waals surface area contributed by atoms with Gasteiger partial charge in [-0.3, -0.25) is 9.69 Å². The molecule has 1 amide bonds.